The number of hydrogen-bond acceptors (Lipinski definition) is 2. The highest BCUT2D eigenvalue weighted by atomic mass is 15.2. The molecule has 1 fully saturated rings. The van der Waals surface area contributed by atoms with Gasteiger partial charge in [-0.3, -0.25) is 0 Å². The number of aryl methyl sites for hydroxylation is 1. The zero-order valence-electron chi connectivity index (χ0n) is 10.2. The van der Waals surface area contributed by atoms with Crippen LogP contribution in [0.1, 0.15) is 30.4 Å². The van der Waals surface area contributed by atoms with Gasteiger partial charge in [0.2, 0.25) is 0 Å². The maximum Gasteiger partial charge on any atom is 0.0435 e. The summed E-state index contributed by atoms with van der Waals surface area (Å²) in [5.41, 5.74) is 4.52. The fourth-order valence-corrected chi connectivity index (χ4v) is 3.47. The number of anilines is 1. The molecule has 0 aromatic heterocycles. The van der Waals surface area contributed by atoms with Crippen LogP contribution in [0.3, 0.4) is 0 Å². The van der Waals surface area contributed by atoms with Crippen molar-refractivity contribution in [2.75, 3.05) is 24.5 Å². The Morgan fingerprint density at radius 2 is 2.31 bits per heavy atom. The summed E-state index contributed by atoms with van der Waals surface area (Å²) < 4.78 is 0. The number of para-hydroxylation sites is 1. The fraction of sp³-hybridized carbons (Fsp3) is 0.571. The van der Waals surface area contributed by atoms with Crippen LogP contribution in [0.25, 0.3) is 0 Å². The van der Waals surface area contributed by atoms with E-state index in [4.69, 9.17) is 0 Å². The van der Waals surface area contributed by atoms with E-state index in [2.05, 4.69) is 42.3 Å². The van der Waals surface area contributed by atoms with E-state index in [0.29, 0.717) is 5.92 Å². The van der Waals surface area contributed by atoms with Crippen molar-refractivity contribution in [2.24, 2.45) is 0 Å². The molecule has 2 unspecified atom stereocenters. The first-order valence-electron chi connectivity index (χ1n) is 6.39. The predicted octanol–water partition coefficient (Wildman–Crippen LogP) is 2.28. The number of fused-ring (bicyclic) bond motifs is 3. The van der Waals surface area contributed by atoms with Crippen LogP contribution < -0.4 is 10.2 Å². The Hall–Kier alpha value is -1.02. The van der Waals surface area contributed by atoms with Crippen LogP contribution in [0.15, 0.2) is 18.2 Å². The molecule has 2 nitrogen and oxygen atoms in total. The van der Waals surface area contributed by atoms with Gasteiger partial charge in [0.25, 0.3) is 0 Å². The summed E-state index contributed by atoms with van der Waals surface area (Å²) in [7, 11) is 0. The predicted molar refractivity (Wildman–Crippen MR) is 68.2 cm³/mol. The molecule has 0 bridgehead atoms. The molecule has 2 aliphatic rings. The van der Waals surface area contributed by atoms with Gasteiger partial charge in [-0.2, -0.15) is 0 Å². The second-order valence-electron chi connectivity index (χ2n) is 4.97. The normalized spacial score (nSPS) is 27.8. The van der Waals surface area contributed by atoms with Crippen LogP contribution in [0.4, 0.5) is 5.69 Å². The first-order chi connectivity index (χ1) is 7.83. The molecule has 0 aliphatic carbocycles. The number of benzene rings is 1. The summed E-state index contributed by atoms with van der Waals surface area (Å²) in [6.07, 6.45) is 1.28. The molecule has 2 atom stereocenters. The Bertz CT molecular complexity index is 400. The van der Waals surface area contributed by atoms with Gasteiger partial charge in [-0.25, -0.2) is 0 Å². The van der Waals surface area contributed by atoms with Gasteiger partial charge in [0, 0.05) is 30.7 Å². The number of hydrogen-bond donors (Lipinski definition) is 1. The summed E-state index contributed by atoms with van der Waals surface area (Å²) in [4.78, 5) is 2.62. The van der Waals surface area contributed by atoms with Crippen LogP contribution in [-0.4, -0.2) is 25.7 Å². The number of likely N-dealkylation sites (N-methyl/N-ethyl adjacent to an activating group) is 1. The van der Waals surface area contributed by atoms with E-state index in [1.165, 1.54) is 24.2 Å². The molecule has 1 saturated heterocycles. The first kappa shape index (κ1) is 10.2. The van der Waals surface area contributed by atoms with Gasteiger partial charge in [-0.1, -0.05) is 18.2 Å². The zero-order valence-corrected chi connectivity index (χ0v) is 10.2. The van der Waals surface area contributed by atoms with E-state index in [1.807, 2.05) is 0 Å². The molecule has 2 heteroatoms. The van der Waals surface area contributed by atoms with Crippen molar-refractivity contribution < 1.29 is 0 Å². The maximum atomic E-state index is 3.53. The average Bonchev–Trinajstić information content (AvgIpc) is 2.65. The molecule has 86 valence electrons. The second-order valence-corrected chi connectivity index (χ2v) is 4.97. The lowest BCUT2D eigenvalue weighted by Gasteiger charge is -2.33. The monoisotopic (exact) mass is 216 g/mol. The van der Waals surface area contributed by atoms with Crippen molar-refractivity contribution in [1.29, 1.82) is 0 Å². The van der Waals surface area contributed by atoms with Gasteiger partial charge >= 0.3 is 0 Å². The molecule has 16 heavy (non-hydrogen) atoms. The number of nitrogens with zero attached hydrogens (tertiary/aromatic N) is 1. The smallest absolute Gasteiger partial charge is 0.0435 e. The van der Waals surface area contributed by atoms with E-state index in [-0.39, 0.29) is 0 Å². The minimum absolute atomic E-state index is 0.712. The summed E-state index contributed by atoms with van der Waals surface area (Å²) >= 11 is 0. The Balaban J connectivity index is 2.10. The highest BCUT2D eigenvalue weighted by Crippen LogP contribution is 2.44. The van der Waals surface area contributed by atoms with Crippen molar-refractivity contribution in [3.63, 3.8) is 0 Å². The molecule has 3 rings (SSSR count). The van der Waals surface area contributed by atoms with E-state index in [9.17, 15) is 0 Å². The van der Waals surface area contributed by atoms with Crippen LogP contribution in [-0.2, 0) is 0 Å². The molecule has 1 aromatic rings. The molecular formula is C14H20N2. The third-order valence-corrected chi connectivity index (χ3v) is 4.14. The van der Waals surface area contributed by atoms with Gasteiger partial charge in [0.1, 0.15) is 0 Å². The molecule has 0 spiro atoms. The minimum Gasteiger partial charge on any atom is -0.368 e. The SMILES string of the molecule is CCN1c2c(C)cccc2C2CNCCC21. The summed E-state index contributed by atoms with van der Waals surface area (Å²) in [6.45, 7) is 7.98. The highest BCUT2D eigenvalue weighted by Gasteiger charge is 2.39. The molecule has 0 radical (unpaired) electrons. The van der Waals surface area contributed by atoms with E-state index < -0.39 is 0 Å². The van der Waals surface area contributed by atoms with Gasteiger partial charge in [0.15, 0.2) is 0 Å². The quantitative estimate of drug-likeness (QED) is 0.775. The van der Waals surface area contributed by atoms with Crippen LogP contribution in [0, 0.1) is 6.92 Å². The van der Waals surface area contributed by atoms with Gasteiger partial charge in [-0.15, -0.1) is 0 Å². The van der Waals surface area contributed by atoms with E-state index in [0.717, 1.165) is 19.1 Å². The molecule has 0 amide bonds. The van der Waals surface area contributed by atoms with Crippen LogP contribution in [0.5, 0.6) is 0 Å². The van der Waals surface area contributed by atoms with Gasteiger partial charge < -0.3 is 10.2 Å². The first-order valence-corrected chi connectivity index (χ1v) is 6.39. The molecule has 2 aliphatic heterocycles. The van der Waals surface area contributed by atoms with Crippen molar-refractivity contribution >= 4 is 5.69 Å². The lowest BCUT2D eigenvalue weighted by Crippen LogP contribution is -2.44. The van der Waals surface area contributed by atoms with E-state index >= 15 is 0 Å². The Morgan fingerprint density at radius 3 is 3.12 bits per heavy atom. The van der Waals surface area contributed by atoms with Crippen molar-refractivity contribution in [3.8, 4) is 0 Å². The Morgan fingerprint density at radius 1 is 1.44 bits per heavy atom. The molecule has 1 aromatic carbocycles. The van der Waals surface area contributed by atoms with Crippen LogP contribution >= 0.6 is 0 Å². The number of piperidine rings is 1. The van der Waals surface area contributed by atoms with E-state index in [1.54, 1.807) is 5.56 Å². The lowest BCUT2D eigenvalue weighted by molar-refractivity contribution is 0.406. The van der Waals surface area contributed by atoms with Crippen molar-refractivity contribution in [3.05, 3.63) is 29.3 Å². The highest BCUT2D eigenvalue weighted by molar-refractivity contribution is 5.66. The molecule has 2 heterocycles. The number of rotatable bonds is 1. The summed E-state index contributed by atoms with van der Waals surface area (Å²) in [6, 6.07) is 7.51. The third-order valence-electron chi connectivity index (χ3n) is 4.14. The molecule has 0 saturated carbocycles. The number of nitrogens with one attached hydrogen (secondary N) is 1. The fourth-order valence-electron chi connectivity index (χ4n) is 3.47. The maximum absolute atomic E-state index is 3.53. The zero-order chi connectivity index (χ0) is 11.1. The molecular weight excluding hydrogens is 196 g/mol. The Kier molecular flexibility index (Phi) is 2.40. The standard InChI is InChI=1S/C14H20N2/c1-3-16-13-7-8-15-9-12(13)11-6-4-5-10(2)14(11)16/h4-6,12-13,15H,3,7-9H2,1-2H3. The topological polar surface area (TPSA) is 15.3 Å². The van der Waals surface area contributed by atoms with Crippen molar-refractivity contribution in [1.82, 2.24) is 5.32 Å². The minimum atomic E-state index is 0.712. The second kappa shape index (κ2) is 3.77. The largest absolute Gasteiger partial charge is 0.368 e. The summed E-state index contributed by atoms with van der Waals surface area (Å²) in [5.74, 6) is 0.712. The van der Waals surface area contributed by atoms with Gasteiger partial charge in [0.05, 0.1) is 0 Å². The molecule has 1 N–H and O–H groups in total. The summed E-state index contributed by atoms with van der Waals surface area (Å²) in [5, 5.41) is 3.53. The van der Waals surface area contributed by atoms with Crippen LogP contribution in [0.2, 0.25) is 0 Å². The average molecular weight is 216 g/mol. The third kappa shape index (κ3) is 1.29. The lowest BCUT2D eigenvalue weighted by atomic mass is 9.90. The Labute approximate surface area is 97.6 Å². The van der Waals surface area contributed by atoms with Crippen molar-refractivity contribution in [2.45, 2.75) is 32.2 Å². The van der Waals surface area contributed by atoms with Gasteiger partial charge in [-0.05, 0) is 37.9 Å².